The molecule has 2 rings (SSSR count). The van der Waals surface area contributed by atoms with Gasteiger partial charge in [-0.1, -0.05) is 38.9 Å². The van der Waals surface area contributed by atoms with Gasteiger partial charge in [0.2, 0.25) is 12.2 Å². The number of anilines is 1. The SMILES string of the molecule is CCOC1ON=C(c2cccc(NC(=O)C(C)(C)C)n2)C1C. The van der Waals surface area contributed by atoms with Crippen LogP contribution >= 0.6 is 0 Å². The zero-order chi connectivity index (χ0) is 16.3. The number of amides is 1. The van der Waals surface area contributed by atoms with Crippen molar-refractivity contribution in [2.24, 2.45) is 16.5 Å². The van der Waals surface area contributed by atoms with E-state index in [0.717, 1.165) is 5.71 Å². The van der Waals surface area contributed by atoms with E-state index >= 15 is 0 Å². The third-order valence-electron chi connectivity index (χ3n) is 3.36. The topological polar surface area (TPSA) is 72.8 Å². The Labute approximate surface area is 130 Å². The van der Waals surface area contributed by atoms with Crippen LogP contribution in [0.5, 0.6) is 0 Å². The largest absolute Gasteiger partial charge is 0.363 e. The molecule has 6 nitrogen and oxygen atoms in total. The molecule has 6 heteroatoms. The van der Waals surface area contributed by atoms with Gasteiger partial charge in [0, 0.05) is 12.0 Å². The summed E-state index contributed by atoms with van der Waals surface area (Å²) in [5, 5.41) is 6.89. The molecule has 2 heterocycles. The Hall–Kier alpha value is -1.95. The second kappa shape index (κ2) is 6.44. The fraction of sp³-hybridized carbons (Fsp3) is 0.562. The van der Waals surface area contributed by atoms with Crippen LogP contribution in [0.1, 0.15) is 40.3 Å². The van der Waals surface area contributed by atoms with Crippen LogP contribution in [0.15, 0.2) is 23.4 Å². The van der Waals surface area contributed by atoms with E-state index in [1.807, 2.05) is 46.8 Å². The number of aromatic nitrogens is 1. The van der Waals surface area contributed by atoms with E-state index in [2.05, 4.69) is 15.5 Å². The number of nitrogens with one attached hydrogen (secondary N) is 1. The number of oxime groups is 1. The molecule has 0 fully saturated rings. The van der Waals surface area contributed by atoms with Crippen LogP contribution in [0.2, 0.25) is 0 Å². The van der Waals surface area contributed by atoms with Gasteiger partial charge in [-0.3, -0.25) is 4.79 Å². The van der Waals surface area contributed by atoms with Gasteiger partial charge in [-0.25, -0.2) is 4.98 Å². The van der Waals surface area contributed by atoms with Crippen molar-refractivity contribution in [3.05, 3.63) is 23.9 Å². The molecule has 1 aromatic rings. The molecule has 0 saturated carbocycles. The summed E-state index contributed by atoms with van der Waals surface area (Å²) in [5.41, 5.74) is 0.936. The van der Waals surface area contributed by atoms with Gasteiger partial charge in [0.15, 0.2) is 0 Å². The molecule has 0 spiro atoms. The maximum absolute atomic E-state index is 12.0. The Morgan fingerprint density at radius 1 is 1.41 bits per heavy atom. The minimum atomic E-state index is -0.473. The molecule has 1 aliphatic heterocycles. The molecule has 1 amide bonds. The predicted octanol–water partition coefficient (Wildman–Crippen LogP) is 2.80. The van der Waals surface area contributed by atoms with Crippen LogP contribution in [0, 0.1) is 11.3 Å². The van der Waals surface area contributed by atoms with Crippen molar-refractivity contribution in [3.8, 4) is 0 Å². The highest BCUT2D eigenvalue weighted by molar-refractivity contribution is 6.02. The number of rotatable bonds is 4. The molecule has 1 N–H and O–H groups in total. The fourth-order valence-corrected chi connectivity index (χ4v) is 1.98. The average Bonchev–Trinajstić information content (AvgIpc) is 2.80. The normalized spacial score (nSPS) is 21.2. The zero-order valence-electron chi connectivity index (χ0n) is 13.7. The first kappa shape index (κ1) is 16.4. The number of carbonyl (C=O) groups is 1. The molecule has 1 aliphatic rings. The Morgan fingerprint density at radius 3 is 2.77 bits per heavy atom. The summed E-state index contributed by atoms with van der Waals surface area (Å²) in [6.07, 6.45) is -0.380. The lowest BCUT2D eigenvalue weighted by atomic mass is 9.96. The summed E-state index contributed by atoms with van der Waals surface area (Å²) < 4.78 is 5.47. The summed E-state index contributed by atoms with van der Waals surface area (Å²) in [5.74, 6) is 0.412. The lowest BCUT2D eigenvalue weighted by Crippen LogP contribution is -2.28. The fourth-order valence-electron chi connectivity index (χ4n) is 1.98. The Bertz CT molecular complexity index is 578. The first-order valence-electron chi connectivity index (χ1n) is 7.47. The lowest BCUT2D eigenvalue weighted by molar-refractivity contribution is -0.138. The van der Waals surface area contributed by atoms with Gasteiger partial charge >= 0.3 is 0 Å². The maximum Gasteiger partial charge on any atom is 0.235 e. The third-order valence-corrected chi connectivity index (χ3v) is 3.36. The molecule has 0 saturated heterocycles. The van der Waals surface area contributed by atoms with Crippen molar-refractivity contribution in [1.82, 2.24) is 4.98 Å². The summed E-state index contributed by atoms with van der Waals surface area (Å²) in [6.45, 7) is 10.0. The Balaban J connectivity index is 2.14. The van der Waals surface area contributed by atoms with Crippen molar-refractivity contribution >= 4 is 17.4 Å². The van der Waals surface area contributed by atoms with Gasteiger partial charge in [-0.2, -0.15) is 0 Å². The first-order valence-corrected chi connectivity index (χ1v) is 7.47. The number of pyridine rings is 1. The summed E-state index contributed by atoms with van der Waals surface area (Å²) in [4.78, 5) is 21.8. The number of carbonyl (C=O) groups excluding carboxylic acids is 1. The highest BCUT2D eigenvalue weighted by Crippen LogP contribution is 2.24. The monoisotopic (exact) mass is 305 g/mol. The highest BCUT2D eigenvalue weighted by atomic mass is 16.8. The van der Waals surface area contributed by atoms with E-state index in [0.29, 0.717) is 18.1 Å². The molecule has 0 aromatic carbocycles. The summed E-state index contributed by atoms with van der Waals surface area (Å²) in [6, 6.07) is 5.44. The van der Waals surface area contributed by atoms with Crippen molar-refractivity contribution in [2.75, 3.05) is 11.9 Å². The second-order valence-corrected chi connectivity index (χ2v) is 6.31. The lowest BCUT2D eigenvalue weighted by Gasteiger charge is -2.17. The van der Waals surface area contributed by atoms with Crippen LogP contribution in [-0.4, -0.2) is 29.5 Å². The smallest absolute Gasteiger partial charge is 0.235 e. The molecule has 2 atom stereocenters. The average molecular weight is 305 g/mol. The van der Waals surface area contributed by atoms with Crippen molar-refractivity contribution in [3.63, 3.8) is 0 Å². The van der Waals surface area contributed by atoms with Gasteiger partial charge in [0.05, 0.1) is 11.6 Å². The van der Waals surface area contributed by atoms with Crippen LogP contribution in [0.3, 0.4) is 0 Å². The van der Waals surface area contributed by atoms with Crippen molar-refractivity contribution < 1.29 is 14.4 Å². The molecule has 0 radical (unpaired) electrons. The Kier molecular flexibility index (Phi) is 4.81. The van der Waals surface area contributed by atoms with Gasteiger partial charge < -0.3 is 14.9 Å². The van der Waals surface area contributed by atoms with Crippen LogP contribution in [0.4, 0.5) is 5.82 Å². The number of hydrogen-bond acceptors (Lipinski definition) is 5. The van der Waals surface area contributed by atoms with Gasteiger partial charge in [-0.05, 0) is 19.1 Å². The summed E-state index contributed by atoms with van der Waals surface area (Å²) in [7, 11) is 0. The van der Waals surface area contributed by atoms with E-state index in [1.54, 1.807) is 6.07 Å². The quantitative estimate of drug-likeness (QED) is 0.928. The minimum Gasteiger partial charge on any atom is -0.363 e. The molecular formula is C16H23N3O3. The molecule has 120 valence electrons. The molecule has 1 aromatic heterocycles. The third kappa shape index (κ3) is 3.62. The highest BCUT2D eigenvalue weighted by Gasteiger charge is 2.32. The van der Waals surface area contributed by atoms with E-state index in [4.69, 9.17) is 9.57 Å². The predicted molar refractivity (Wildman–Crippen MR) is 84.5 cm³/mol. The molecule has 0 aliphatic carbocycles. The molecule has 2 unspecified atom stereocenters. The van der Waals surface area contributed by atoms with Gasteiger partial charge in [-0.15, -0.1) is 0 Å². The van der Waals surface area contributed by atoms with Crippen molar-refractivity contribution in [1.29, 1.82) is 0 Å². The zero-order valence-corrected chi connectivity index (χ0v) is 13.7. The van der Waals surface area contributed by atoms with Crippen LogP contribution < -0.4 is 5.32 Å². The number of nitrogens with zero attached hydrogens (tertiary/aromatic N) is 2. The minimum absolute atomic E-state index is 0.0129. The second-order valence-electron chi connectivity index (χ2n) is 6.31. The van der Waals surface area contributed by atoms with Crippen LogP contribution in [0.25, 0.3) is 0 Å². The molecule has 22 heavy (non-hydrogen) atoms. The van der Waals surface area contributed by atoms with E-state index in [9.17, 15) is 4.79 Å². The first-order chi connectivity index (χ1) is 10.3. The van der Waals surface area contributed by atoms with Gasteiger partial charge in [0.1, 0.15) is 11.5 Å². The number of hydrogen-bond donors (Lipinski definition) is 1. The van der Waals surface area contributed by atoms with E-state index in [-0.39, 0.29) is 18.1 Å². The standard InChI is InChI=1S/C16H23N3O3/c1-6-21-14-10(2)13(19-22-14)11-8-7-9-12(17-11)18-15(20)16(3,4)5/h7-10,14H,6H2,1-5H3,(H,17,18,20). The maximum atomic E-state index is 12.0. The molecular weight excluding hydrogens is 282 g/mol. The molecule has 0 bridgehead atoms. The van der Waals surface area contributed by atoms with E-state index < -0.39 is 5.41 Å². The number of ether oxygens (including phenoxy) is 1. The van der Waals surface area contributed by atoms with E-state index in [1.165, 1.54) is 0 Å². The van der Waals surface area contributed by atoms with Gasteiger partial charge in [0.25, 0.3) is 0 Å². The van der Waals surface area contributed by atoms with Crippen molar-refractivity contribution in [2.45, 2.75) is 40.9 Å². The summed E-state index contributed by atoms with van der Waals surface area (Å²) >= 11 is 0. The van der Waals surface area contributed by atoms with Crippen LogP contribution in [-0.2, 0) is 14.4 Å². The Morgan fingerprint density at radius 2 is 2.14 bits per heavy atom.